The summed E-state index contributed by atoms with van der Waals surface area (Å²) in [7, 11) is 2.99. The predicted octanol–water partition coefficient (Wildman–Crippen LogP) is 1.88. The van der Waals surface area contributed by atoms with Gasteiger partial charge in [-0.05, 0) is 31.9 Å². The molecule has 2 aromatic heterocycles. The molecule has 3 heterocycles. The van der Waals surface area contributed by atoms with Crippen LogP contribution in [0.15, 0.2) is 35.3 Å². The Morgan fingerprint density at radius 1 is 1.26 bits per heavy atom. The zero-order chi connectivity index (χ0) is 24.4. The van der Waals surface area contributed by atoms with Gasteiger partial charge < -0.3 is 29.8 Å². The molecule has 0 spiro atoms. The van der Waals surface area contributed by atoms with E-state index in [-0.39, 0.29) is 23.5 Å². The number of H-pyrrole nitrogens is 1. The van der Waals surface area contributed by atoms with E-state index in [1.54, 1.807) is 24.4 Å². The fraction of sp³-hybridized carbons (Fsp3) is 0.348. The van der Waals surface area contributed by atoms with Crippen molar-refractivity contribution in [2.24, 2.45) is 0 Å². The first-order valence-corrected chi connectivity index (χ1v) is 10.7. The summed E-state index contributed by atoms with van der Waals surface area (Å²) in [5, 5.41) is 12.7. The lowest BCUT2D eigenvalue weighted by atomic mass is 9.97. The second kappa shape index (κ2) is 9.38. The first kappa shape index (κ1) is 23.0. The Kier molecular flexibility index (Phi) is 6.35. The van der Waals surface area contributed by atoms with Crippen LogP contribution in [-0.2, 0) is 9.59 Å². The Morgan fingerprint density at radius 3 is 2.74 bits per heavy atom. The fourth-order valence-electron chi connectivity index (χ4n) is 4.26. The van der Waals surface area contributed by atoms with E-state index in [1.165, 1.54) is 19.1 Å². The molecule has 2 unspecified atom stereocenters. The third-order valence-corrected chi connectivity index (χ3v) is 5.91. The van der Waals surface area contributed by atoms with Gasteiger partial charge in [-0.1, -0.05) is 0 Å². The van der Waals surface area contributed by atoms with E-state index in [2.05, 4.69) is 20.3 Å². The molecule has 11 nitrogen and oxygen atoms in total. The van der Waals surface area contributed by atoms with Gasteiger partial charge in [-0.15, -0.1) is 0 Å². The number of aromatic nitrogens is 3. The first-order chi connectivity index (χ1) is 16.3. The number of pyridine rings is 1. The molecule has 0 saturated carbocycles. The van der Waals surface area contributed by atoms with Gasteiger partial charge in [-0.2, -0.15) is 0 Å². The van der Waals surface area contributed by atoms with Crippen LogP contribution in [0.4, 0.5) is 5.69 Å². The second-order valence-electron chi connectivity index (χ2n) is 8.06. The molecule has 1 aromatic carbocycles. The van der Waals surface area contributed by atoms with Crippen LogP contribution >= 0.6 is 0 Å². The van der Waals surface area contributed by atoms with E-state index >= 15 is 0 Å². The molecule has 0 aliphatic carbocycles. The third kappa shape index (κ3) is 4.36. The lowest BCUT2D eigenvalue weighted by Crippen LogP contribution is -2.50. The van der Waals surface area contributed by atoms with Crippen molar-refractivity contribution >= 4 is 28.5 Å². The quantitative estimate of drug-likeness (QED) is 0.479. The van der Waals surface area contributed by atoms with E-state index in [0.29, 0.717) is 53.2 Å². The fourth-order valence-corrected chi connectivity index (χ4v) is 4.26. The van der Waals surface area contributed by atoms with Crippen molar-refractivity contribution in [1.29, 1.82) is 0 Å². The van der Waals surface area contributed by atoms with Crippen LogP contribution < -0.4 is 20.3 Å². The van der Waals surface area contributed by atoms with Crippen molar-refractivity contribution in [3.05, 3.63) is 40.8 Å². The molecule has 4 rings (SSSR count). The Balaban J connectivity index is 1.65. The minimum atomic E-state index is -1.45. The lowest BCUT2D eigenvalue weighted by Gasteiger charge is -2.37. The highest BCUT2D eigenvalue weighted by molar-refractivity contribution is 6.31. The number of nitrogens with zero attached hydrogens (tertiary/aromatic N) is 3. The highest BCUT2D eigenvalue weighted by Gasteiger charge is 2.32. The number of fused-ring (bicyclic) bond motifs is 1. The van der Waals surface area contributed by atoms with E-state index in [9.17, 15) is 14.4 Å². The van der Waals surface area contributed by atoms with Crippen molar-refractivity contribution in [1.82, 2.24) is 19.9 Å². The van der Waals surface area contributed by atoms with Gasteiger partial charge in [0.1, 0.15) is 22.6 Å². The molecule has 34 heavy (non-hydrogen) atoms. The number of hydrogen-bond acceptors (Lipinski definition) is 8. The maximum absolute atomic E-state index is 12.9. The number of piperidine rings is 1. The van der Waals surface area contributed by atoms with E-state index in [0.717, 1.165) is 0 Å². The molecule has 11 heteroatoms. The van der Waals surface area contributed by atoms with Crippen LogP contribution in [0.3, 0.4) is 0 Å². The number of hydrogen-bond donors (Lipinski definition) is 3. The van der Waals surface area contributed by atoms with Gasteiger partial charge >= 0.3 is 11.9 Å². The number of anilines is 1. The highest BCUT2D eigenvalue weighted by atomic mass is 16.5. The standard InChI is InChI=1S/C23H25N5O6/c1-12-9-13(6-8-28(12)22(30)23(31)32)25-15-5-4-7-24-19(15)20-26-16-10-14(33-2)11-17(34-3)18(16)21(29)27-20/h4-5,7,10-13,25H,6,8-9H2,1-3H3,(H,31,32)(H,26,27,29). The summed E-state index contributed by atoms with van der Waals surface area (Å²) in [5.41, 5.74) is 1.15. The number of ether oxygens (including phenoxy) is 2. The number of benzene rings is 1. The predicted molar refractivity (Wildman–Crippen MR) is 124 cm³/mol. The number of nitrogens with one attached hydrogen (secondary N) is 2. The summed E-state index contributed by atoms with van der Waals surface area (Å²) in [4.78, 5) is 49.0. The van der Waals surface area contributed by atoms with Crippen molar-refractivity contribution in [3.8, 4) is 23.0 Å². The average molecular weight is 467 g/mol. The molecule has 1 saturated heterocycles. The van der Waals surface area contributed by atoms with Crippen LogP contribution in [0.1, 0.15) is 19.8 Å². The number of likely N-dealkylation sites (tertiary alicyclic amines) is 1. The summed E-state index contributed by atoms with van der Waals surface area (Å²) in [6.45, 7) is 2.15. The molecular weight excluding hydrogens is 442 g/mol. The Bertz CT molecular complexity index is 1310. The van der Waals surface area contributed by atoms with Crippen molar-refractivity contribution in [2.75, 3.05) is 26.1 Å². The number of carboxylic acids is 1. The largest absolute Gasteiger partial charge is 0.497 e. The number of carboxylic acid groups (broad SMARTS) is 1. The summed E-state index contributed by atoms with van der Waals surface area (Å²) in [6, 6.07) is 6.61. The average Bonchev–Trinajstić information content (AvgIpc) is 2.83. The summed E-state index contributed by atoms with van der Waals surface area (Å²) in [6.07, 6.45) is 2.73. The van der Waals surface area contributed by atoms with Gasteiger partial charge in [0.2, 0.25) is 0 Å². The molecule has 3 aromatic rings. The second-order valence-corrected chi connectivity index (χ2v) is 8.06. The van der Waals surface area contributed by atoms with E-state index < -0.39 is 11.9 Å². The lowest BCUT2D eigenvalue weighted by molar-refractivity contribution is -0.157. The normalized spacial score (nSPS) is 17.9. The van der Waals surface area contributed by atoms with Crippen LogP contribution in [0, 0.1) is 0 Å². The number of carbonyl (C=O) groups excluding carboxylic acids is 1. The molecule has 178 valence electrons. The zero-order valence-electron chi connectivity index (χ0n) is 19.0. The highest BCUT2D eigenvalue weighted by Crippen LogP contribution is 2.31. The maximum Gasteiger partial charge on any atom is 0.394 e. The third-order valence-electron chi connectivity index (χ3n) is 5.91. The molecule has 2 atom stereocenters. The molecule has 1 fully saturated rings. The van der Waals surface area contributed by atoms with Gasteiger partial charge in [0.15, 0.2) is 5.82 Å². The molecule has 0 bridgehead atoms. The summed E-state index contributed by atoms with van der Waals surface area (Å²) >= 11 is 0. The zero-order valence-corrected chi connectivity index (χ0v) is 19.0. The monoisotopic (exact) mass is 467 g/mol. The number of aromatic amines is 1. The molecule has 0 radical (unpaired) electrons. The smallest absolute Gasteiger partial charge is 0.394 e. The van der Waals surface area contributed by atoms with Gasteiger partial charge in [-0.25, -0.2) is 9.78 Å². The SMILES string of the molecule is COc1cc(OC)c2c(=O)[nH]c(-c3ncccc3NC3CCN(C(=O)C(=O)O)C(C)C3)nc2c1. The van der Waals surface area contributed by atoms with Gasteiger partial charge in [-0.3, -0.25) is 14.6 Å². The van der Waals surface area contributed by atoms with Gasteiger partial charge in [0.25, 0.3) is 5.56 Å². The van der Waals surface area contributed by atoms with Crippen molar-refractivity contribution < 1.29 is 24.2 Å². The molecule has 1 amide bonds. The van der Waals surface area contributed by atoms with Crippen molar-refractivity contribution in [2.45, 2.75) is 31.8 Å². The molecular formula is C23H25N5O6. The molecule has 1 aliphatic heterocycles. The number of amides is 1. The minimum Gasteiger partial charge on any atom is -0.497 e. The van der Waals surface area contributed by atoms with Gasteiger partial charge in [0.05, 0.1) is 25.4 Å². The number of rotatable bonds is 5. The number of methoxy groups -OCH3 is 2. The minimum absolute atomic E-state index is 0.0249. The maximum atomic E-state index is 12.9. The van der Waals surface area contributed by atoms with Gasteiger partial charge in [0, 0.05) is 37.0 Å². The molecule has 1 aliphatic rings. The summed E-state index contributed by atoms with van der Waals surface area (Å²) in [5.74, 6) is -1.21. The number of carbonyl (C=O) groups is 2. The Morgan fingerprint density at radius 2 is 2.06 bits per heavy atom. The Labute approximate surface area is 194 Å². The summed E-state index contributed by atoms with van der Waals surface area (Å²) < 4.78 is 10.6. The van der Waals surface area contributed by atoms with Crippen LogP contribution in [-0.4, -0.2) is 69.7 Å². The van der Waals surface area contributed by atoms with Crippen LogP contribution in [0.25, 0.3) is 22.4 Å². The van der Waals surface area contributed by atoms with Crippen LogP contribution in [0.5, 0.6) is 11.5 Å². The number of aliphatic carboxylic acids is 1. The van der Waals surface area contributed by atoms with Crippen molar-refractivity contribution in [3.63, 3.8) is 0 Å². The Hall–Kier alpha value is -4.15. The first-order valence-electron chi connectivity index (χ1n) is 10.7. The van der Waals surface area contributed by atoms with E-state index in [4.69, 9.17) is 14.6 Å². The van der Waals surface area contributed by atoms with Crippen LogP contribution in [0.2, 0.25) is 0 Å². The topological polar surface area (TPSA) is 147 Å². The molecule has 3 N–H and O–H groups in total. The van der Waals surface area contributed by atoms with E-state index in [1.807, 2.05) is 13.0 Å².